The lowest BCUT2D eigenvalue weighted by atomic mass is 10.0. The molecule has 0 aromatic heterocycles. The second-order valence-electron chi connectivity index (χ2n) is 8.00. The van der Waals surface area contributed by atoms with Crippen LogP contribution >= 0.6 is 0 Å². The summed E-state index contributed by atoms with van der Waals surface area (Å²) >= 11 is 0. The lowest BCUT2D eigenvalue weighted by Gasteiger charge is -2.18. The van der Waals surface area contributed by atoms with Gasteiger partial charge in [0.1, 0.15) is 5.70 Å². The Morgan fingerprint density at radius 3 is 2.27 bits per heavy atom. The average Bonchev–Trinajstić information content (AvgIpc) is 2.90. The van der Waals surface area contributed by atoms with Gasteiger partial charge in [-0.05, 0) is 54.7 Å². The summed E-state index contributed by atoms with van der Waals surface area (Å²) in [4.78, 5) is 39.0. The maximum absolute atomic E-state index is 13.2. The zero-order valence-corrected chi connectivity index (χ0v) is 18.0. The molecule has 0 saturated heterocycles. The van der Waals surface area contributed by atoms with Crippen molar-refractivity contribution in [3.05, 3.63) is 64.9 Å². The van der Waals surface area contributed by atoms with Crippen LogP contribution in [-0.2, 0) is 14.4 Å². The molecule has 1 aliphatic rings. The molecule has 2 N–H and O–H groups in total. The molecule has 30 heavy (non-hydrogen) atoms. The van der Waals surface area contributed by atoms with Gasteiger partial charge in [0, 0.05) is 24.8 Å². The van der Waals surface area contributed by atoms with Gasteiger partial charge in [0.25, 0.3) is 11.8 Å². The summed E-state index contributed by atoms with van der Waals surface area (Å²) in [6, 6.07) is 12.8. The quantitative estimate of drug-likeness (QED) is 0.709. The minimum Gasteiger partial charge on any atom is -0.350 e. The SMILES string of the molecule is CC(=O)Nc1ccc(C2=C(Nc3cccc(C)c3C)C(=O)N(CC(C)C)C2=O)cc1. The Balaban J connectivity index is 2.06. The summed E-state index contributed by atoms with van der Waals surface area (Å²) in [6.07, 6.45) is 0. The molecule has 0 radical (unpaired) electrons. The summed E-state index contributed by atoms with van der Waals surface area (Å²) in [5.41, 5.74) is 4.79. The van der Waals surface area contributed by atoms with Crippen LogP contribution in [0, 0.1) is 19.8 Å². The van der Waals surface area contributed by atoms with Crippen molar-refractivity contribution in [1.29, 1.82) is 0 Å². The molecule has 6 nitrogen and oxygen atoms in total. The van der Waals surface area contributed by atoms with Crippen molar-refractivity contribution in [1.82, 2.24) is 4.90 Å². The predicted octanol–water partition coefficient (Wildman–Crippen LogP) is 4.11. The molecule has 3 amide bonds. The predicted molar refractivity (Wildman–Crippen MR) is 119 cm³/mol. The highest BCUT2D eigenvalue weighted by molar-refractivity contribution is 6.36. The molecule has 156 valence electrons. The summed E-state index contributed by atoms with van der Waals surface area (Å²) < 4.78 is 0. The first-order chi connectivity index (χ1) is 14.2. The molecule has 2 aromatic carbocycles. The highest BCUT2D eigenvalue weighted by Gasteiger charge is 2.39. The first-order valence-electron chi connectivity index (χ1n) is 10.0. The van der Waals surface area contributed by atoms with Crippen LogP contribution in [0.2, 0.25) is 0 Å². The van der Waals surface area contributed by atoms with Crippen molar-refractivity contribution in [3.63, 3.8) is 0 Å². The highest BCUT2D eigenvalue weighted by atomic mass is 16.2. The highest BCUT2D eigenvalue weighted by Crippen LogP contribution is 2.32. The van der Waals surface area contributed by atoms with Crippen LogP contribution in [0.15, 0.2) is 48.2 Å². The molecule has 0 aliphatic carbocycles. The number of amides is 3. The Bertz CT molecular complexity index is 1040. The van der Waals surface area contributed by atoms with E-state index >= 15 is 0 Å². The van der Waals surface area contributed by atoms with Crippen LogP contribution in [0.4, 0.5) is 11.4 Å². The Morgan fingerprint density at radius 1 is 1.00 bits per heavy atom. The van der Waals surface area contributed by atoms with E-state index in [0.717, 1.165) is 16.8 Å². The largest absolute Gasteiger partial charge is 0.350 e. The summed E-state index contributed by atoms with van der Waals surface area (Å²) in [6.45, 7) is 9.71. The van der Waals surface area contributed by atoms with Crippen molar-refractivity contribution in [3.8, 4) is 0 Å². The van der Waals surface area contributed by atoms with E-state index in [2.05, 4.69) is 10.6 Å². The molecule has 0 unspecified atom stereocenters. The Hall–Kier alpha value is -3.41. The smallest absolute Gasteiger partial charge is 0.278 e. The van der Waals surface area contributed by atoms with E-state index in [1.807, 2.05) is 45.9 Å². The van der Waals surface area contributed by atoms with Gasteiger partial charge in [-0.2, -0.15) is 0 Å². The van der Waals surface area contributed by atoms with Crippen molar-refractivity contribution >= 4 is 34.7 Å². The molecular formula is C24H27N3O3. The third-order valence-electron chi connectivity index (χ3n) is 5.07. The standard InChI is InChI=1S/C24H27N3O3/c1-14(2)13-27-23(29)21(18-9-11-19(12-10-18)25-17(5)28)22(24(27)30)26-20-8-6-7-15(3)16(20)4/h6-12,14,26H,13H2,1-5H3,(H,25,28). The van der Waals surface area contributed by atoms with Crippen LogP contribution < -0.4 is 10.6 Å². The fraction of sp³-hybridized carbons (Fsp3) is 0.292. The van der Waals surface area contributed by atoms with E-state index in [9.17, 15) is 14.4 Å². The number of anilines is 2. The number of hydrogen-bond acceptors (Lipinski definition) is 4. The van der Waals surface area contributed by atoms with Crippen LogP contribution in [-0.4, -0.2) is 29.2 Å². The Labute approximate surface area is 177 Å². The number of carbonyl (C=O) groups is 3. The molecule has 1 heterocycles. The van der Waals surface area contributed by atoms with Crippen LogP contribution in [0.3, 0.4) is 0 Å². The van der Waals surface area contributed by atoms with Gasteiger partial charge in [-0.15, -0.1) is 0 Å². The van der Waals surface area contributed by atoms with Crippen molar-refractivity contribution in [2.75, 3.05) is 17.2 Å². The zero-order chi connectivity index (χ0) is 22.0. The first kappa shape index (κ1) is 21.3. The van der Waals surface area contributed by atoms with Crippen molar-refractivity contribution in [2.24, 2.45) is 5.92 Å². The molecule has 0 bridgehead atoms. The fourth-order valence-corrected chi connectivity index (χ4v) is 3.44. The second-order valence-corrected chi connectivity index (χ2v) is 8.00. The van der Waals surface area contributed by atoms with Crippen molar-refractivity contribution in [2.45, 2.75) is 34.6 Å². The van der Waals surface area contributed by atoms with Gasteiger partial charge in [0.15, 0.2) is 0 Å². The van der Waals surface area contributed by atoms with Gasteiger partial charge in [-0.1, -0.05) is 38.1 Å². The number of nitrogens with one attached hydrogen (secondary N) is 2. The Kier molecular flexibility index (Phi) is 6.06. The molecule has 2 aromatic rings. The fourth-order valence-electron chi connectivity index (χ4n) is 3.44. The van der Waals surface area contributed by atoms with Crippen LogP contribution in [0.5, 0.6) is 0 Å². The van der Waals surface area contributed by atoms with Crippen LogP contribution in [0.1, 0.15) is 37.5 Å². The topological polar surface area (TPSA) is 78.5 Å². The third kappa shape index (κ3) is 4.27. The van der Waals surface area contributed by atoms with Gasteiger partial charge in [-0.3, -0.25) is 19.3 Å². The number of imide groups is 1. The maximum Gasteiger partial charge on any atom is 0.278 e. The molecule has 3 rings (SSSR count). The Morgan fingerprint density at radius 2 is 1.67 bits per heavy atom. The number of rotatable bonds is 6. The summed E-state index contributed by atoms with van der Waals surface area (Å²) in [5, 5.41) is 5.94. The molecule has 1 aliphatic heterocycles. The monoisotopic (exact) mass is 405 g/mol. The molecule has 6 heteroatoms. The number of hydrogen-bond donors (Lipinski definition) is 2. The van der Waals surface area contributed by atoms with E-state index in [1.54, 1.807) is 24.3 Å². The van der Waals surface area contributed by atoms with Gasteiger partial charge >= 0.3 is 0 Å². The second kappa shape index (κ2) is 8.53. The summed E-state index contributed by atoms with van der Waals surface area (Å²) in [5.74, 6) is -0.653. The van der Waals surface area contributed by atoms with E-state index < -0.39 is 0 Å². The molecule has 0 saturated carbocycles. The van der Waals surface area contributed by atoms with Gasteiger partial charge in [-0.25, -0.2) is 0 Å². The van der Waals surface area contributed by atoms with Crippen molar-refractivity contribution < 1.29 is 14.4 Å². The minimum atomic E-state index is -0.324. The first-order valence-corrected chi connectivity index (χ1v) is 10.0. The third-order valence-corrected chi connectivity index (χ3v) is 5.07. The number of benzene rings is 2. The minimum absolute atomic E-state index is 0.154. The van der Waals surface area contributed by atoms with Gasteiger partial charge in [0.2, 0.25) is 5.91 Å². The van der Waals surface area contributed by atoms with Gasteiger partial charge in [0.05, 0.1) is 5.57 Å². The normalized spacial score (nSPS) is 14.0. The number of carbonyl (C=O) groups excluding carboxylic acids is 3. The van der Waals surface area contributed by atoms with E-state index in [0.29, 0.717) is 23.4 Å². The zero-order valence-electron chi connectivity index (χ0n) is 18.0. The van der Waals surface area contributed by atoms with Gasteiger partial charge < -0.3 is 10.6 Å². The lowest BCUT2D eigenvalue weighted by molar-refractivity contribution is -0.137. The number of nitrogens with zero attached hydrogens (tertiary/aromatic N) is 1. The average molecular weight is 405 g/mol. The van der Waals surface area contributed by atoms with Crippen LogP contribution in [0.25, 0.3) is 5.57 Å². The maximum atomic E-state index is 13.2. The molecule has 0 atom stereocenters. The molecular weight excluding hydrogens is 378 g/mol. The number of aryl methyl sites for hydroxylation is 1. The van der Waals surface area contributed by atoms with E-state index in [1.165, 1.54) is 11.8 Å². The van der Waals surface area contributed by atoms with E-state index in [-0.39, 0.29) is 29.3 Å². The lowest BCUT2D eigenvalue weighted by Crippen LogP contribution is -2.35. The molecule has 0 fully saturated rings. The summed E-state index contributed by atoms with van der Waals surface area (Å²) in [7, 11) is 0. The van der Waals surface area contributed by atoms with E-state index in [4.69, 9.17) is 0 Å². The molecule has 0 spiro atoms.